The minimum Gasteiger partial charge on any atom is -0.497 e. The number of esters is 1. The second-order valence-electron chi connectivity index (χ2n) is 5.99. The summed E-state index contributed by atoms with van der Waals surface area (Å²) in [6, 6.07) is 7.32. The molecule has 1 aromatic rings. The van der Waals surface area contributed by atoms with Gasteiger partial charge in [-0.3, -0.25) is 4.79 Å². The molecule has 3 unspecified atom stereocenters. The maximum atomic E-state index is 12.6. The molecule has 5 nitrogen and oxygen atoms in total. The molecule has 0 heterocycles. The van der Waals surface area contributed by atoms with Gasteiger partial charge in [-0.2, -0.15) is 0 Å². The first kappa shape index (κ1) is 19.0. The van der Waals surface area contributed by atoms with Gasteiger partial charge in [0.1, 0.15) is 11.3 Å². The molecule has 0 aliphatic rings. The van der Waals surface area contributed by atoms with Gasteiger partial charge in [0.05, 0.1) is 20.1 Å². The van der Waals surface area contributed by atoms with Crippen molar-refractivity contribution in [1.82, 2.24) is 5.32 Å². The quantitative estimate of drug-likeness (QED) is 0.784. The molecule has 0 aromatic heterocycles. The maximum absolute atomic E-state index is 12.6. The zero-order valence-electron chi connectivity index (χ0n) is 14.8. The molecule has 1 rings (SSSR count). The van der Waals surface area contributed by atoms with Gasteiger partial charge in [-0.1, -0.05) is 32.4 Å². The summed E-state index contributed by atoms with van der Waals surface area (Å²) in [5, 5.41) is 2.88. The lowest BCUT2D eigenvalue weighted by molar-refractivity contribution is -0.152. The van der Waals surface area contributed by atoms with E-state index in [1.807, 2.05) is 45.0 Å². The number of ether oxygens (including phenoxy) is 2. The predicted octanol–water partition coefficient (Wildman–Crippen LogP) is 2.89. The van der Waals surface area contributed by atoms with E-state index in [0.29, 0.717) is 0 Å². The molecule has 1 N–H and O–H groups in total. The molecule has 0 aliphatic carbocycles. The summed E-state index contributed by atoms with van der Waals surface area (Å²) in [6.07, 6.45) is 0.753. The molecule has 0 saturated heterocycles. The molecule has 23 heavy (non-hydrogen) atoms. The van der Waals surface area contributed by atoms with E-state index in [9.17, 15) is 9.59 Å². The van der Waals surface area contributed by atoms with Crippen LogP contribution in [-0.2, 0) is 14.3 Å². The molecule has 0 bridgehead atoms. The van der Waals surface area contributed by atoms with Crippen molar-refractivity contribution in [2.45, 2.75) is 45.6 Å². The highest BCUT2D eigenvalue weighted by Gasteiger charge is 2.41. The first-order valence-corrected chi connectivity index (χ1v) is 7.84. The fourth-order valence-corrected chi connectivity index (χ4v) is 2.40. The monoisotopic (exact) mass is 321 g/mol. The van der Waals surface area contributed by atoms with E-state index in [1.165, 1.54) is 7.11 Å². The van der Waals surface area contributed by atoms with Crippen LogP contribution in [0.3, 0.4) is 0 Å². The first-order chi connectivity index (χ1) is 10.8. The van der Waals surface area contributed by atoms with Crippen molar-refractivity contribution in [3.05, 3.63) is 29.8 Å². The Hall–Kier alpha value is -2.04. The van der Waals surface area contributed by atoms with E-state index in [0.717, 1.165) is 17.7 Å². The number of rotatable bonds is 7. The van der Waals surface area contributed by atoms with Gasteiger partial charge in [0.25, 0.3) is 0 Å². The zero-order chi connectivity index (χ0) is 17.6. The SMILES string of the molecule is CCC(C)C(C)(NC(=O)C(C)c1ccc(OC)cc1)C(=O)OC. The van der Waals surface area contributed by atoms with Crippen molar-refractivity contribution >= 4 is 11.9 Å². The third-order valence-corrected chi connectivity index (χ3v) is 4.60. The molecule has 1 amide bonds. The van der Waals surface area contributed by atoms with Crippen LogP contribution in [0.5, 0.6) is 5.75 Å². The number of methoxy groups -OCH3 is 2. The molecule has 0 fully saturated rings. The zero-order valence-corrected chi connectivity index (χ0v) is 14.8. The molecule has 0 spiro atoms. The van der Waals surface area contributed by atoms with Crippen molar-refractivity contribution in [3.63, 3.8) is 0 Å². The van der Waals surface area contributed by atoms with E-state index < -0.39 is 11.5 Å². The standard InChI is InChI=1S/C18H27NO4/c1-7-12(2)18(4,17(21)23-6)19-16(20)13(3)14-8-10-15(22-5)11-9-14/h8-13H,7H2,1-6H3,(H,19,20). The summed E-state index contributed by atoms with van der Waals surface area (Å²) in [7, 11) is 2.93. The Balaban J connectivity index is 2.95. The number of carbonyl (C=O) groups is 2. The Kier molecular flexibility index (Phi) is 6.61. The molecular weight excluding hydrogens is 294 g/mol. The van der Waals surface area contributed by atoms with Crippen LogP contribution in [0.2, 0.25) is 0 Å². The van der Waals surface area contributed by atoms with Crippen LogP contribution in [0, 0.1) is 5.92 Å². The molecule has 0 saturated carbocycles. The van der Waals surface area contributed by atoms with Gasteiger partial charge in [-0.05, 0) is 37.5 Å². The van der Waals surface area contributed by atoms with E-state index in [1.54, 1.807) is 14.0 Å². The van der Waals surface area contributed by atoms with Crippen LogP contribution in [0.4, 0.5) is 0 Å². The topological polar surface area (TPSA) is 64.6 Å². The average molecular weight is 321 g/mol. The van der Waals surface area contributed by atoms with Gasteiger partial charge >= 0.3 is 5.97 Å². The Bertz CT molecular complexity index is 540. The summed E-state index contributed by atoms with van der Waals surface area (Å²) >= 11 is 0. The highest BCUT2D eigenvalue weighted by atomic mass is 16.5. The van der Waals surface area contributed by atoms with Crippen LogP contribution in [0.15, 0.2) is 24.3 Å². The minimum absolute atomic E-state index is 0.0398. The van der Waals surface area contributed by atoms with Crippen LogP contribution in [0.1, 0.15) is 45.6 Å². The van der Waals surface area contributed by atoms with Gasteiger partial charge in [0.15, 0.2) is 0 Å². The molecule has 0 radical (unpaired) electrons. The maximum Gasteiger partial charge on any atom is 0.331 e. The normalized spacial score (nSPS) is 15.9. The van der Waals surface area contributed by atoms with Crippen LogP contribution in [0.25, 0.3) is 0 Å². The molecule has 5 heteroatoms. The Labute approximate surface area is 138 Å². The van der Waals surface area contributed by atoms with Crippen molar-refractivity contribution in [1.29, 1.82) is 0 Å². The van der Waals surface area contributed by atoms with E-state index >= 15 is 0 Å². The first-order valence-electron chi connectivity index (χ1n) is 7.84. The third kappa shape index (κ3) is 4.24. The minimum atomic E-state index is -1.04. The summed E-state index contributed by atoms with van der Waals surface area (Å²) in [6.45, 7) is 7.43. The van der Waals surface area contributed by atoms with Gasteiger partial charge in [-0.25, -0.2) is 4.79 Å². The molecule has 1 aromatic carbocycles. The Morgan fingerprint density at radius 1 is 1.17 bits per heavy atom. The summed E-state index contributed by atoms with van der Waals surface area (Å²) < 4.78 is 10.0. The van der Waals surface area contributed by atoms with Crippen LogP contribution >= 0.6 is 0 Å². The number of amides is 1. The molecular formula is C18H27NO4. The van der Waals surface area contributed by atoms with Gasteiger partial charge in [-0.15, -0.1) is 0 Å². The second-order valence-corrected chi connectivity index (χ2v) is 5.99. The summed E-state index contributed by atoms with van der Waals surface area (Å²) in [5.41, 5.74) is -0.180. The van der Waals surface area contributed by atoms with Gasteiger partial charge in [0, 0.05) is 0 Å². The van der Waals surface area contributed by atoms with Crippen LogP contribution in [-0.4, -0.2) is 31.6 Å². The number of nitrogens with one attached hydrogen (secondary N) is 1. The third-order valence-electron chi connectivity index (χ3n) is 4.60. The lowest BCUT2D eigenvalue weighted by atomic mass is 9.84. The number of hydrogen-bond donors (Lipinski definition) is 1. The van der Waals surface area contributed by atoms with Crippen LogP contribution < -0.4 is 10.1 Å². The lowest BCUT2D eigenvalue weighted by Crippen LogP contribution is -2.57. The molecule has 3 atom stereocenters. The van der Waals surface area contributed by atoms with Crippen molar-refractivity contribution in [2.75, 3.05) is 14.2 Å². The summed E-state index contributed by atoms with van der Waals surface area (Å²) in [5.74, 6) is -0.318. The van der Waals surface area contributed by atoms with Crippen molar-refractivity contribution in [3.8, 4) is 5.75 Å². The largest absolute Gasteiger partial charge is 0.497 e. The smallest absolute Gasteiger partial charge is 0.331 e. The van der Waals surface area contributed by atoms with Gasteiger partial charge < -0.3 is 14.8 Å². The number of benzene rings is 1. The highest BCUT2D eigenvalue weighted by molar-refractivity contribution is 5.91. The molecule has 0 aliphatic heterocycles. The number of carbonyl (C=O) groups excluding carboxylic acids is 2. The second kappa shape index (κ2) is 7.99. The fourth-order valence-electron chi connectivity index (χ4n) is 2.40. The Morgan fingerprint density at radius 2 is 1.74 bits per heavy atom. The lowest BCUT2D eigenvalue weighted by Gasteiger charge is -2.34. The fraction of sp³-hybridized carbons (Fsp3) is 0.556. The van der Waals surface area contributed by atoms with Crippen molar-refractivity contribution < 1.29 is 19.1 Å². The summed E-state index contributed by atoms with van der Waals surface area (Å²) in [4.78, 5) is 24.8. The van der Waals surface area contributed by atoms with Gasteiger partial charge in [0.2, 0.25) is 5.91 Å². The van der Waals surface area contributed by atoms with E-state index in [2.05, 4.69) is 5.32 Å². The number of hydrogen-bond acceptors (Lipinski definition) is 4. The molecule has 128 valence electrons. The van der Waals surface area contributed by atoms with E-state index in [-0.39, 0.29) is 17.7 Å². The van der Waals surface area contributed by atoms with Crippen molar-refractivity contribution in [2.24, 2.45) is 5.92 Å². The highest BCUT2D eigenvalue weighted by Crippen LogP contribution is 2.25. The average Bonchev–Trinajstić information content (AvgIpc) is 2.59. The predicted molar refractivity (Wildman–Crippen MR) is 89.4 cm³/mol. The Morgan fingerprint density at radius 3 is 2.17 bits per heavy atom. The van der Waals surface area contributed by atoms with E-state index in [4.69, 9.17) is 9.47 Å².